The van der Waals surface area contributed by atoms with Gasteiger partial charge in [-0.05, 0) is 37.2 Å². The topological polar surface area (TPSA) is 53.0 Å². The number of likely N-dealkylation sites (N-methyl/N-ethyl adjacent to an activating group) is 1. The number of carboxylic acids is 1. The van der Waals surface area contributed by atoms with Crippen molar-refractivity contribution in [2.75, 3.05) is 39.8 Å². The molecule has 1 heterocycles. The monoisotopic (exact) mass is 310 g/mol. The second-order valence-electron chi connectivity index (χ2n) is 5.89. The molecule has 1 aromatic rings. The Bertz CT molecular complexity index is 524. The van der Waals surface area contributed by atoms with E-state index in [0.29, 0.717) is 13.2 Å². The SMILES string of the molecule is Cc1cc(F)ccc1CN1CCOC(CN(C)CC(=O)O)C1. The van der Waals surface area contributed by atoms with Crippen molar-refractivity contribution in [1.29, 1.82) is 0 Å². The van der Waals surface area contributed by atoms with Crippen LogP contribution in [0.1, 0.15) is 11.1 Å². The first-order valence-corrected chi connectivity index (χ1v) is 7.43. The fourth-order valence-electron chi connectivity index (χ4n) is 2.76. The zero-order chi connectivity index (χ0) is 16.1. The molecule has 1 aliphatic heterocycles. The quantitative estimate of drug-likeness (QED) is 0.859. The highest BCUT2D eigenvalue weighted by atomic mass is 19.1. The Balaban J connectivity index is 1.89. The molecule has 6 heteroatoms. The van der Waals surface area contributed by atoms with Gasteiger partial charge in [0.2, 0.25) is 0 Å². The van der Waals surface area contributed by atoms with Crippen LogP contribution < -0.4 is 0 Å². The van der Waals surface area contributed by atoms with E-state index in [0.717, 1.165) is 30.8 Å². The fourth-order valence-corrected chi connectivity index (χ4v) is 2.76. The first-order chi connectivity index (χ1) is 10.4. The minimum atomic E-state index is -0.836. The maximum atomic E-state index is 13.1. The van der Waals surface area contributed by atoms with E-state index in [4.69, 9.17) is 9.84 Å². The zero-order valence-electron chi connectivity index (χ0n) is 13.1. The lowest BCUT2D eigenvalue weighted by atomic mass is 10.1. The van der Waals surface area contributed by atoms with E-state index in [1.165, 1.54) is 6.07 Å². The number of halogens is 1. The molecular weight excluding hydrogens is 287 g/mol. The van der Waals surface area contributed by atoms with E-state index < -0.39 is 5.97 Å². The van der Waals surface area contributed by atoms with E-state index in [9.17, 15) is 9.18 Å². The van der Waals surface area contributed by atoms with Gasteiger partial charge in [0.05, 0.1) is 19.3 Å². The number of morpholine rings is 1. The number of hydrogen-bond acceptors (Lipinski definition) is 4. The Labute approximate surface area is 130 Å². The summed E-state index contributed by atoms with van der Waals surface area (Å²) >= 11 is 0. The third-order valence-corrected chi connectivity index (χ3v) is 3.84. The number of benzene rings is 1. The molecule has 1 atom stereocenters. The van der Waals surface area contributed by atoms with Crippen molar-refractivity contribution in [3.05, 3.63) is 35.1 Å². The summed E-state index contributed by atoms with van der Waals surface area (Å²) in [5, 5.41) is 8.79. The van der Waals surface area contributed by atoms with Crippen LogP contribution in [-0.4, -0.2) is 66.8 Å². The van der Waals surface area contributed by atoms with Crippen LogP contribution in [0.25, 0.3) is 0 Å². The molecule has 0 radical (unpaired) electrons. The van der Waals surface area contributed by atoms with Gasteiger partial charge in [-0.1, -0.05) is 6.07 Å². The van der Waals surface area contributed by atoms with Crippen LogP contribution in [0.4, 0.5) is 4.39 Å². The van der Waals surface area contributed by atoms with Crippen molar-refractivity contribution < 1.29 is 19.0 Å². The summed E-state index contributed by atoms with van der Waals surface area (Å²) < 4.78 is 18.9. The summed E-state index contributed by atoms with van der Waals surface area (Å²) in [4.78, 5) is 14.7. The molecule has 5 nitrogen and oxygen atoms in total. The Morgan fingerprint density at radius 3 is 3.00 bits per heavy atom. The molecule has 122 valence electrons. The van der Waals surface area contributed by atoms with E-state index in [1.54, 1.807) is 18.0 Å². The molecule has 22 heavy (non-hydrogen) atoms. The smallest absolute Gasteiger partial charge is 0.317 e. The Morgan fingerprint density at radius 2 is 2.32 bits per heavy atom. The van der Waals surface area contributed by atoms with Gasteiger partial charge in [-0.15, -0.1) is 0 Å². The van der Waals surface area contributed by atoms with Crippen molar-refractivity contribution in [3.8, 4) is 0 Å². The minimum Gasteiger partial charge on any atom is -0.480 e. The second-order valence-corrected chi connectivity index (χ2v) is 5.89. The summed E-state index contributed by atoms with van der Waals surface area (Å²) in [6, 6.07) is 4.86. The highest BCUT2D eigenvalue weighted by molar-refractivity contribution is 5.69. The van der Waals surface area contributed by atoms with Gasteiger partial charge in [0.25, 0.3) is 0 Å². The maximum Gasteiger partial charge on any atom is 0.317 e. The van der Waals surface area contributed by atoms with E-state index >= 15 is 0 Å². The van der Waals surface area contributed by atoms with Gasteiger partial charge in [0.1, 0.15) is 5.82 Å². The number of aliphatic carboxylic acids is 1. The molecule has 1 aliphatic rings. The summed E-state index contributed by atoms with van der Waals surface area (Å²) in [6.45, 7) is 5.48. The van der Waals surface area contributed by atoms with E-state index in [2.05, 4.69) is 4.90 Å². The molecule has 1 N–H and O–H groups in total. The Morgan fingerprint density at radius 1 is 1.55 bits per heavy atom. The fraction of sp³-hybridized carbons (Fsp3) is 0.562. The lowest BCUT2D eigenvalue weighted by Crippen LogP contribution is -2.47. The molecule has 0 saturated carbocycles. The molecule has 1 saturated heterocycles. The summed E-state index contributed by atoms with van der Waals surface area (Å²) in [5.41, 5.74) is 2.06. The van der Waals surface area contributed by atoms with Crippen molar-refractivity contribution in [1.82, 2.24) is 9.80 Å². The average Bonchev–Trinajstić information content (AvgIpc) is 2.41. The van der Waals surface area contributed by atoms with Crippen LogP contribution in [-0.2, 0) is 16.1 Å². The highest BCUT2D eigenvalue weighted by Gasteiger charge is 2.22. The van der Waals surface area contributed by atoms with Crippen LogP contribution in [0.2, 0.25) is 0 Å². The number of carboxylic acid groups (broad SMARTS) is 1. The largest absolute Gasteiger partial charge is 0.480 e. The highest BCUT2D eigenvalue weighted by Crippen LogP contribution is 2.15. The summed E-state index contributed by atoms with van der Waals surface area (Å²) in [5.74, 6) is -1.05. The lowest BCUT2D eigenvalue weighted by molar-refractivity contribution is -0.138. The molecule has 0 bridgehead atoms. The number of carbonyl (C=O) groups is 1. The van der Waals surface area contributed by atoms with Gasteiger partial charge in [-0.3, -0.25) is 14.6 Å². The number of nitrogens with zero attached hydrogens (tertiary/aromatic N) is 2. The average molecular weight is 310 g/mol. The third kappa shape index (κ3) is 5.05. The van der Waals surface area contributed by atoms with Gasteiger partial charge in [0, 0.05) is 26.2 Å². The van der Waals surface area contributed by atoms with Crippen LogP contribution in [0.15, 0.2) is 18.2 Å². The summed E-state index contributed by atoms with van der Waals surface area (Å²) in [7, 11) is 1.78. The van der Waals surface area contributed by atoms with Crippen molar-refractivity contribution in [3.63, 3.8) is 0 Å². The van der Waals surface area contributed by atoms with E-state index in [1.807, 2.05) is 13.0 Å². The Hall–Kier alpha value is -1.50. The Kier molecular flexibility index (Phi) is 5.88. The first-order valence-electron chi connectivity index (χ1n) is 7.43. The van der Waals surface area contributed by atoms with Crippen LogP contribution in [0.5, 0.6) is 0 Å². The van der Waals surface area contributed by atoms with Crippen LogP contribution in [0, 0.1) is 12.7 Å². The molecule has 0 spiro atoms. The predicted octanol–water partition coefficient (Wildman–Crippen LogP) is 1.35. The van der Waals surface area contributed by atoms with Crippen LogP contribution in [0.3, 0.4) is 0 Å². The lowest BCUT2D eigenvalue weighted by Gasteiger charge is -2.34. The van der Waals surface area contributed by atoms with Crippen molar-refractivity contribution in [2.45, 2.75) is 19.6 Å². The molecule has 0 amide bonds. The van der Waals surface area contributed by atoms with Gasteiger partial charge >= 0.3 is 5.97 Å². The summed E-state index contributed by atoms with van der Waals surface area (Å²) in [6.07, 6.45) is -0.00106. The van der Waals surface area contributed by atoms with Gasteiger partial charge in [-0.25, -0.2) is 4.39 Å². The first kappa shape index (κ1) is 16.9. The molecule has 0 aromatic heterocycles. The molecule has 0 aliphatic carbocycles. The maximum absolute atomic E-state index is 13.1. The molecule has 1 unspecified atom stereocenters. The molecular formula is C16H23FN2O3. The van der Waals surface area contributed by atoms with Crippen LogP contribution >= 0.6 is 0 Å². The minimum absolute atomic E-state index is 0.00106. The molecule has 1 aromatic carbocycles. The number of aryl methyl sites for hydroxylation is 1. The predicted molar refractivity (Wildman–Crippen MR) is 81.3 cm³/mol. The van der Waals surface area contributed by atoms with Crippen molar-refractivity contribution in [2.24, 2.45) is 0 Å². The molecule has 2 rings (SSSR count). The number of rotatable bonds is 6. The standard InChI is InChI=1S/C16H23FN2O3/c1-12-7-14(17)4-3-13(12)8-19-5-6-22-15(10-19)9-18(2)11-16(20)21/h3-4,7,15H,5-6,8-11H2,1-2H3,(H,20,21). The van der Waals surface area contributed by atoms with Gasteiger partial charge in [0.15, 0.2) is 0 Å². The van der Waals surface area contributed by atoms with E-state index in [-0.39, 0.29) is 18.5 Å². The number of ether oxygens (including phenoxy) is 1. The molecule has 1 fully saturated rings. The van der Waals surface area contributed by atoms with Crippen molar-refractivity contribution >= 4 is 5.97 Å². The van der Waals surface area contributed by atoms with Gasteiger partial charge < -0.3 is 9.84 Å². The third-order valence-electron chi connectivity index (χ3n) is 3.84. The number of hydrogen-bond donors (Lipinski definition) is 1. The normalized spacial score (nSPS) is 19.5. The van der Waals surface area contributed by atoms with Gasteiger partial charge in [-0.2, -0.15) is 0 Å². The second kappa shape index (κ2) is 7.67. The zero-order valence-corrected chi connectivity index (χ0v) is 13.1.